The van der Waals surface area contributed by atoms with Crippen LogP contribution >= 0.6 is 27.7 Å². The van der Waals surface area contributed by atoms with Gasteiger partial charge in [-0.2, -0.15) is 0 Å². The number of rotatable bonds is 6. The fourth-order valence-electron chi connectivity index (χ4n) is 2.42. The van der Waals surface area contributed by atoms with Crippen LogP contribution in [0.3, 0.4) is 0 Å². The molecule has 134 valence electrons. The molecular formula is C16H17BrF2N4OS. The number of nitrogens with zero attached hydrogens (tertiary/aromatic N) is 3. The van der Waals surface area contributed by atoms with Crippen molar-refractivity contribution in [3.8, 4) is 0 Å². The maximum Gasteiger partial charge on any atom is 0.234 e. The van der Waals surface area contributed by atoms with Gasteiger partial charge >= 0.3 is 0 Å². The number of aromatic nitrogens is 3. The van der Waals surface area contributed by atoms with Crippen LogP contribution in [0, 0.1) is 11.6 Å². The first-order valence-corrected chi connectivity index (χ1v) is 9.66. The van der Waals surface area contributed by atoms with Gasteiger partial charge in [-0.25, -0.2) is 8.78 Å². The first-order chi connectivity index (χ1) is 11.9. The van der Waals surface area contributed by atoms with Gasteiger partial charge in [0, 0.05) is 22.5 Å². The molecule has 25 heavy (non-hydrogen) atoms. The number of benzene rings is 1. The van der Waals surface area contributed by atoms with E-state index in [9.17, 15) is 13.6 Å². The summed E-state index contributed by atoms with van der Waals surface area (Å²) >= 11 is 4.31. The molecule has 0 radical (unpaired) electrons. The molecule has 1 aromatic carbocycles. The highest BCUT2D eigenvalue weighted by atomic mass is 79.9. The fourth-order valence-corrected chi connectivity index (χ4v) is 3.74. The topological polar surface area (TPSA) is 59.8 Å². The lowest BCUT2D eigenvalue weighted by Crippen LogP contribution is -2.16. The molecule has 1 aliphatic carbocycles. The van der Waals surface area contributed by atoms with Crippen LogP contribution in [0.2, 0.25) is 0 Å². The molecule has 9 heteroatoms. The fraction of sp³-hybridized carbons (Fsp3) is 0.438. The van der Waals surface area contributed by atoms with Gasteiger partial charge in [0.25, 0.3) is 0 Å². The van der Waals surface area contributed by atoms with Crippen molar-refractivity contribution in [1.82, 2.24) is 14.8 Å². The molecule has 1 saturated carbocycles. The number of carbonyl (C=O) groups is 1. The third-order valence-corrected chi connectivity index (χ3v) is 5.29. The quantitative estimate of drug-likeness (QED) is 0.684. The highest BCUT2D eigenvalue weighted by Crippen LogP contribution is 2.40. The van der Waals surface area contributed by atoms with Crippen molar-refractivity contribution in [2.24, 2.45) is 0 Å². The molecule has 0 aliphatic heterocycles. The largest absolute Gasteiger partial charge is 0.322 e. The first-order valence-electron chi connectivity index (χ1n) is 7.88. The predicted molar refractivity (Wildman–Crippen MR) is 95.8 cm³/mol. The molecule has 3 rings (SSSR count). The average molecular weight is 431 g/mol. The Hall–Kier alpha value is -1.48. The summed E-state index contributed by atoms with van der Waals surface area (Å²) in [6, 6.07) is 2.23. The Balaban J connectivity index is 1.67. The SMILES string of the molecule is CC(C)c1nnc(SCC(=O)Nc2c(F)cc(F)cc2Br)n1C1CC1. The van der Waals surface area contributed by atoms with Crippen molar-refractivity contribution in [2.75, 3.05) is 11.1 Å². The molecule has 2 aromatic rings. The number of thioether (sulfide) groups is 1. The summed E-state index contributed by atoms with van der Waals surface area (Å²) in [5, 5.41) is 11.6. The molecule has 1 heterocycles. The van der Waals surface area contributed by atoms with Crippen LogP contribution in [0.25, 0.3) is 0 Å². The summed E-state index contributed by atoms with van der Waals surface area (Å²) in [7, 11) is 0. The number of hydrogen-bond acceptors (Lipinski definition) is 4. The summed E-state index contributed by atoms with van der Waals surface area (Å²) in [5.41, 5.74) is -0.0708. The van der Waals surface area contributed by atoms with Crippen LogP contribution in [0.4, 0.5) is 14.5 Å². The van der Waals surface area contributed by atoms with E-state index in [2.05, 4.69) is 49.9 Å². The second-order valence-electron chi connectivity index (χ2n) is 6.18. The van der Waals surface area contributed by atoms with Crippen LogP contribution in [0.1, 0.15) is 44.5 Å². The van der Waals surface area contributed by atoms with Crippen LogP contribution in [0.5, 0.6) is 0 Å². The van der Waals surface area contributed by atoms with E-state index in [1.807, 2.05) is 0 Å². The van der Waals surface area contributed by atoms with Gasteiger partial charge in [0.15, 0.2) is 11.0 Å². The van der Waals surface area contributed by atoms with Gasteiger partial charge in [-0.05, 0) is 34.8 Å². The van der Waals surface area contributed by atoms with E-state index in [1.165, 1.54) is 11.8 Å². The monoisotopic (exact) mass is 430 g/mol. The molecule has 1 amide bonds. The highest BCUT2D eigenvalue weighted by Gasteiger charge is 2.30. The minimum atomic E-state index is -0.825. The second kappa shape index (κ2) is 7.41. The van der Waals surface area contributed by atoms with Gasteiger partial charge in [-0.1, -0.05) is 25.6 Å². The van der Waals surface area contributed by atoms with E-state index in [0.29, 0.717) is 11.2 Å². The van der Waals surface area contributed by atoms with E-state index in [-0.39, 0.29) is 21.8 Å². The van der Waals surface area contributed by atoms with E-state index >= 15 is 0 Å². The van der Waals surface area contributed by atoms with E-state index in [4.69, 9.17) is 0 Å². The summed E-state index contributed by atoms with van der Waals surface area (Å²) in [5.74, 6) is -0.707. The molecule has 1 N–H and O–H groups in total. The minimum absolute atomic E-state index is 0.0617. The Morgan fingerprint density at radius 3 is 2.72 bits per heavy atom. The normalized spacial score (nSPS) is 14.2. The third kappa shape index (κ3) is 4.20. The lowest BCUT2D eigenvalue weighted by molar-refractivity contribution is -0.113. The molecule has 0 atom stereocenters. The number of amides is 1. The maximum absolute atomic E-state index is 13.8. The van der Waals surface area contributed by atoms with Crippen molar-refractivity contribution in [3.05, 3.63) is 34.1 Å². The maximum atomic E-state index is 13.8. The Labute approximate surface area is 156 Å². The zero-order chi connectivity index (χ0) is 18.1. The van der Waals surface area contributed by atoms with Crippen LogP contribution in [-0.2, 0) is 4.79 Å². The number of halogens is 3. The standard InChI is InChI=1S/C16H17BrF2N4OS/c1-8(2)15-21-22-16(23(15)10-3-4-10)25-7-13(24)20-14-11(17)5-9(18)6-12(14)19/h5-6,8,10H,3-4,7H2,1-2H3,(H,20,24). The molecule has 0 bridgehead atoms. The predicted octanol–water partition coefficient (Wildman–Crippen LogP) is 4.51. The van der Waals surface area contributed by atoms with E-state index in [0.717, 1.165) is 30.8 Å². The lowest BCUT2D eigenvalue weighted by atomic mass is 10.2. The third-order valence-electron chi connectivity index (χ3n) is 3.72. The second-order valence-corrected chi connectivity index (χ2v) is 7.97. The summed E-state index contributed by atoms with van der Waals surface area (Å²) in [6.45, 7) is 4.11. The Bertz CT molecular complexity index is 784. The molecule has 0 spiro atoms. The zero-order valence-electron chi connectivity index (χ0n) is 13.7. The molecule has 0 saturated heterocycles. The number of carbonyl (C=O) groups excluding carboxylic acids is 1. The molecule has 1 aliphatic rings. The van der Waals surface area contributed by atoms with Crippen molar-refractivity contribution in [1.29, 1.82) is 0 Å². The zero-order valence-corrected chi connectivity index (χ0v) is 16.1. The van der Waals surface area contributed by atoms with Gasteiger partial charge in [-0.15, -0.1) is 10.2 Å². The van der Waals surface area contributed by atoms with Crippen molar-refractivity contribution in [3.63, 3.8) is 0 Å². The van der Waals surface area contributed by atoms with Gasteiger partial charge in [0.1, 0.15) is 11.6 Å². The van der Waals surface area contributed by atoms with Gasteiger partial charge in [0.2, 0.25) is 5.91 Å². The highest BCUT2D eigenvalue weighted by molar-refractivity contribution is 9.10. The van der Waals surface area contributed by atoms with Gasteiger partial charge in [-0.3, -0.25) is 4.79 Å². The van der Waals surface area contributed by atoms with Crippen molar-refractivity contribution >= 4 is 39.3 Å². The molecule has 0 unspecified atom stereocenters. The molecule has 5 nitrogen and oxygen atoms in total. The first kappa shape index (κ1) is 18.3. The number of hydrogen-bond donors (Lipinski definition) is 1. The Kier molecular flexibility index (Phi) is 5.43. The van der Waals surface area contributed by atoms with Gasteiger partial charge in [0.05, 0.1) is 11.4 Å². The van der Waals surface area contributed by atoms with Crippen LogP contribution in [0.15, 0.2) is 21.8 Å². The van der Waals surface area contributed by atoms with Crippen molar-refractivity contribution in [2.45, 2.75) is 43.8 Å². The number of anilines is 1. The van der Waals surface area contributed by atoms with Gasteiger partial charge < -0.3 is 9.88 Å². The summed E-state index contributed by atoms with van der Waals surface area (Å²) < 4.78 is 29.1. The van der Waals surface area contributed by atoms with Crippen molar-refractivity contribution < 1.29 is 13.6 Å². The summed E-state index contributed by atoms with van der Waals surface area (Å²) in [6.07, 6.45) is 2.18. The van der Waals surface area contributed by atoms with Crippen LogP contribution in [-0.4, -0.2) is 26.4 Å². The smallest absolute Gasteiger partial charge is 0.234 e. The molecule has 1 aromatic heterocycles. The summed E-state index contributed by atoms with van der Waals surface area (Å²) in [4.78, 5) is 12.1. The Morgan fingerprint density at radius 2 is 2.12 bits per heavy atom. The van der Waals surface area contributed by atoms with E-state index in [1.54, 1.807) is 0 Å². The Morgan fingerprint density at radius 1 is 1.40 bits per heavy atom. The number of nitrogens with one attached hydrogen (secondary N) is 1. The van der Waals surface area contributed by atoms with Crippen LogP contribution < -0.4 is 5.32 Å². The molecular weight excluding hydrogens is 414 g/mol. The van der Waals surface area contributed by atoms with E-state index < -0.39 is 17.5 Å². The molecule has 1 fully saturated rings. The lowest BCUT2D eigenvalue weighted by Gasteiger charge is -2.11. The minimum Gasteiger partial charge on any atom is -0.322 e. The average Bonchev–Trinajstić information content (AvgIpc) is 3.27.